The summed E-state index contributed by atoms with van der Waals surface area (Å²) in [4.78, 5) is 40.6. The van der Waals surface area contributed by atoms with Crippen molar-refractivity contribution in [2.45, 2.75) is 45.1 Å². The van der Waals surface area contributed by atoms with Gasteiger partial charge in [-0.25, -0.2) is 4.79 Å². The van der Waals surface area contributed by atoms with Gasteiger partial charge in [0.05, 0.1) is 12.2 Å². The lowest BCUT2D eigenvalue weighted by molar-refractivity contribution is -0.134. The third-order valence-electron chi connectivity index (χ3n) is 6.49. The molecule has 2 aliphatic rings. The summed E-state index contributed by atoms with van der Waals surface area (Å²) in [7, 11) is 0. The number of furan rings is 1. The number of carbonyl (C=O) groups excluding carboxylic acids is 3. The number of ether oxygens (including phenoxy) is 1. The number of anilines is 1. The van der Waals surface area contributed by atoms with Gasteiger partial charge >= 0.3 is 6.09 Å². The number of rotatable bonds is 2. The van der Waals surface area contributed by atoms with Crippen LogP contribution in [0.3, 0.4) is 0 Å². The Balaban J connectivity index is 1.45. The molecule has 3 amide bonds. The average Bonchev–Trinajstić information content (AvgIpc) is 3.22. The maximum absolute atomic E-state index is 12.5. The van der Waals surface area contributed by atoms with Crippen molar-refractivity contribution < 1.29 is 23.5 Å². The zero-order valence-corrected chi connectivity index (χ0v) is 19.7. The van der Waals surface area contributed by atoms with Crippen LogP contribution in [0.15, 0.2) is 41.0 Å². The van der Waals surface area contributed by atoms with Crippen LogP contribution in [0.4, 0.5) is 10.5 Å². The zero-order valence-electron chi connectivity index (χ0n) is 19.7. The fourth-order valence-corrected chi connectivity index (χ4v) is 4.88. The van der Waals surface area contributed by atoms with Crippen LogP contribution in [0.5, 0.6) is 0 Å². The molecule has 0 bridgehead atoms. The first kappa shape index (κ1) is 22.3. The summed E-state index contributed by atoms with van der Waals surface area (Å²) in [5.74, 6) is -0.914. The zero-order chi connectivity index (χ0) is 24.0. The molecule has 1 N–H and O–H groups in total. The van der Waals surface area contributed by atoms with Gasteiger partial charge in [0.2, 0.25) is 11.8 Å². The number of benzene rings is 2. The van der Waals surface area contributed by atoms with Gasteiger partial charge in [-0.2, -0.15) is 0 Å². The van der Waals surface area contributed by atoms with Crippen molar-refractivity contribution in [3.63, 3.8) is 0 Å². The van der Waals surface area contributed by atoms with Crippen LogP contribution in [0.25, 0.3) is 21.7 Å². The van der Waals surface area contributed by atoms with E-state index >= 15 is 0 Å². The summed E-state index contributed by atoms with van der Waals surface area (Å²) in [6, 6.07) is 10.1. The summed E-state index contributed by atoms with van der Waals surface area (Å²) < 4.78 is 11.3. The molecule has 0 saturated carbocycles. The number of fused-ring (bicyclic) bond motifs is 3. The van der Waals surface area contributed by atoms with E-state index in [1.54, 1.807) is 11.2 Å². The van der Waals surface area contributed by atoms with Crippen LogP contribution >= 0.6 is 0 Å². The van der Waals surface area contributed by atoms with Gasteiger partial charge in [0.1, 0.15) is 11.2 Å². The standard InChI is InChI=1S/C26H29N3O5/c1-26(2,3)34-25(32)29-13-11-28(12-14-29)20-6-4-5-17-16(20)7-9-21-23(17)19(15-33-21)18-8-10-22(30)27-24(18)31/h4-7,9,15,18H,8,10-14H2,1-3H3,(H,27,30,31)/t18-/m1/s1. The molecular weight excluding hydrogens is 434 g/mol. The van der Waals surface area contributed by atoms with Crippen molar-refractivity contribution in [1.29, 1.82) is 0 Å². The minimum Gasteiger partial charge on any atom is -0.464 e. The maximum atomic E-state index is 12.5. The molecule has 3 aromatic rings. The molecule has 34 heavy (non-hydrogen) atoms. The average molecular weight is 464 g/mol. The van der Waals surface area contributed by atoms with E-state index in [0.29, 0.717) is 39.0 Å². The molecule has 0 radical (unpaired) electrons. The molecular formula is C26H29N3O5. The molecule has 8 heteroatoms. The Morgan fingerprint density at radius 1 is 1.06 bits per heavy atom. The first-order valence-corrected chi connectivity index (χ1v) is 11.7. The number of hydrogen-bond acceptors (Lipinski definition) is 6. The quantitative estimate of drug-likeness (QED) is 0.574. The number of amides is 3. The van der Waals surface area contributed by atoms with Crippen molar-refractivity contribution >= 4 is 45.3 Å². The molecule has 0 unspecified atom stereocenters. The smallest absolute Gasteiger partial charge is 0.410 e. The Morgan fingerprint density at radius 2 is 1.82 bits per heavy atom. The summed E-state index contributed by atoms with van der Waals surface area (Å²) in [5.41, 5.74) is 2.11. The van der Waals surface area contributed by atoms with Crippen molar-refractivity contribution in [3.8, 4) is 0 Å². The number of piperidine rings is 1. The fourth-order valence-electron chi connectivity index (χ4n) is 4.88. The van der Waals surface area contributed by atoms with Crippen LogP contribution in [0.1, 0.15) is 45.1 Å². The highest BCUT2D eigenvalue weighted by atomic mass is 16.6. The minimum atomic E-state index is -0.514. The monoisotopic (exact) mass is 463 g/mol. The number of nitrogens with zero attached hydrogens (tertiary/aromatic N) is 2. The van der Waals surface area contributed by atoms with Crippen LogP contribution in [-0.2, 0) is 14.3 Å². The third-order valence-corrected chi connectivity index (χ3v) is 6.49. The number of carbonyl (C=O) groups is 3. The Hall–Kier alpha value is -3.55. The molecule has 0 aliphatic carbocycles. The predicted molar refractivity (Wildman–Crippen MR) is 129 cm³/mol. The highest BCUT2D eigenvalue weighted by Gasteiger charge is 2.31. The van der Waals surface area contributed by atoms with Crippen LogP contribution in [0, 0.1) is 0 Å². The molecule has 2 aliphatic heterocycles. The lowest BCUT2D eigenvalue weighted by Crippen LogP contribution is -2.50. The highest BCUT2D eigenvalue weighted by Crippen LogP contribution is 2.39. The van der Waals surface area contributed by atoms with Crippen molar-refractivity contribution in [2.24, 2.45) is 0 Å². The van der Waals surface area contributed by atoms with E-state index in [-0.39, 0.29) is 17.9 Å². The molecule has 3 heterocycles. The summed E-state index contributed by atoms with van der Waals surface area (Å²) in [6.07, 6.45) is 2.17. The van der Waals surface area contributed by atoms with E-state index in [4.69, 9.17) is 9.15 Å². The predicted octanol–water partition coefficient (Wildman–Crippen LogP) is 4.16. The topological polar surface area (TPSA) is 92.1 Å². The van der Waals surface area contributed by atoms with Crippen molar-refractivity contribution in [1.82, 2.24) is 10.2 Å². The van der Waals surface area contributed by atoms with Crippen LogP contribution in [0.2, 0.25) is 0 Å². The molecule has 8 nitrogen and oxygen atoms in total. The molecule has 2 fully saturated rings. The number of nitrogens with one attached hydrogen (secondary N) is 1. The normalized spacial score (nSPS) is 19.6. The third kappa shape index (κ3) is 4.08. The van der Waals surface area contributed by atoms with Gasteiger partial charge in [0.15, 0.2) is 0 Å². The molecule has 1 aromatic heterocycles. The van der Waals surface area contributed by atoms with Crippen LogP contribution in [-0.4, -0.2) is 54.6 Å². The van der Waals surface area contributed by atoms with E-state index < -0.39 is 11.5 Å². The van der Waals surface area contributed by atoms with Gasteiger partial charge < -0.3 is 19.0 Å². The van der Waals surface area contributed by atoms with Gasteiger partial charge in [0.25, 0.3) is 0 Å². The Labute approximate surface area is 197 Å². The highest BCUT2D eigenvalue weighted by molar-refractivity contribution is 6.13. The van der Waals surface area contributed by atoms with Gasteiger partial charge in [-0.05, 0) is 50.8 Å². The van der Waals surface area contributed by atoms with E-state index in [1.165, 1.54) is 0 Å². The van der Waals surface area contributed by atoms with Crippen molar-refractivity contribution in [3.05, 3.63) is 42.2 Å². The van der Waals surface area contributed by atoms with Gasteiger partial charge in [0, 0.05) is 54.6 Å². The molecule has 5 rings (SSSR count). The van der Waals surface area contributed by atoms with Gasteiger partial charge in [-0.15, -0.1) is 0 Å². The molecule has 2 saturated heterocycles. The van der Waals surface area contributed by atoms with Crippen LogP contribution < -0.4 is 10.2 Å². The lowest BCUT2D eigenvalue weighted by atomic mass is 9.88. The van der Waals surface area contributed by atoms with E-state index in [1.807, 2.05) is 45.0 Å². The molecule has 1 atom stereocenters. The SMILES string of the molecule is CC(C)(C)OC(=O)N1CCN(c2cccc3c2ccc2occ([C@H]4CCC(=O)NC4=O)c23)CC1. The van der Waals surface area contributed by atoms with E-state index in [0.717, 1.165) is 33.0 Å². The molecule has 178 valence electrons. The summed E-state index contributed by atoms with van der Waals surface area (Å²) in [6.45, 7) is 8.18. The number of imide groups is 1. The van der Waals surface area contributed by atoms with E-state index in [9.17, 15) is 14.4 Å². The first-order valence-electron chi connectivity index (χ1n) is 11.7. The molecule has 2 aromatic carbocycles. The Kier molecular flexibility index (Phi) is 5.46. The first-order chi connectivity index (χ1) is 16.2. The fraction of sp³-hybridized carbons (Fsp3) is 0.423. The largest absolute Gasteiger partial charge is 0.464 e. The Morgan fingerprint density at radius 3 is 2.53 bits per heavy atom. The van der Waals surface area contributed by atoms with E-state index in [2.05, 4.69) is 16.3 Å². The number of hydrogen-bond donors (Lipinski definition) is 1. The molecule has 0 spiro atoms. The van der Waals surface area contributed by atoms with Gasteiger partial charge in [-0.1, -0.05) is 12.1 Å². The minimum absolute atomic E-state index is 0.230. The summed E-state index contributed by atoms with van der Waals surface area (Å²) in [5, 5.41) is 5.45. The second-order valence-corrected chi connectivity index (χ2v) is 9.96. The number of piperazine rings is 1. The maximum Gasteiger partial charge on any atom is 0.410 e. The second-order valence-electron chi connectivity index (χ2n) is 9.96. The summed E-state index contributed by atoms with van der Waals surface area (Å²) >= 11 is 0. The lowest BCUT2D eigenvalue weighted by Gasteiger charge is -2.37. The Bertz CT molecular complexity index is 1280. The van der Waals surface area contributed by atoms with Gasteiger partial charge in [-0.3, -0.25) is 14.9 Å². The second kappa shape index (κ2) is 8.34. The van der Waals surface area contributed by atoms with Crippen molar-refractivity contribution in [2.75, 3.05) is 31.1 Å².